The van der Waals surface area contributed by atoms with Crippen LogP contribution in [0.4, 0.5) is 0 Å². The van der Waals surface area contributed by atoms with Gasteiger partial charge in [-0.25, -0.2) is 0 Å². The van der Waals surface area contributed by atoms with Gasteiger partial charge in [0.05, 0.1) is 4.88 Å². The van der Waals surface area contributed by atoms with Gasteiger partial charge < -0.3 is 14.7 Å². The molecule has 6 nitrogen and oxygen atoms in total. The first-order valence-electron chi connectivity index (χ1n) is 10.5. The van der Waals surface area contributed by atoms with E-state index in [-0.39, 0.29) is 17.7 Å². The minimum Gasteiger partial charge on any atom is -0.340 e. The first kappa shape index (κ1) is 20.6. The van der Waals surface area contributed by atoms with Gasteiger partial charge in [-0.2, -0.15) is 0 Å². The van der Waals surface area contributed by atoms with E-state index in [0.29, 0.717) is 37.4 Å². The summed E-state index contributed by atoms with van der Waals surface area (Å²) < 4.78 is 0. The Kier molecular flexibility index (Phi) is 6.18. The number of likely N-dealkylation sites (N-methyl/N-ethyl adjacent to an activating group) is 1. The van der Waals surface area contributed by atoms with Crippen LogP contribution in [0.15, 0.2) is 47.8 Å². The fourth-order valence-corrected chi connectivity index (χ4v) is 5.16. The van der Waals surface area contributed by atoms with Crippen LogP contribution in [0.3, 0.4) is 0 Å². The topological polar surface area (TPSA) is 60.9 Å². The molecule has 2 fully saturated rings. The molecular formula is C23H27N3O3S. The summed E-state index contributed by atoms with van der Waals surface area (Å²) in [5.41, 5.74) is 1.06. The minimum atomic E-state index is -0.465. The molecule has 2 aliphatic rings. The largest absolute Gasteiger partial charge is 0.340 e. The van der Waals surface area contributed by atoms with E-state index in [0.717, 1.165) is 18.4 Å². The smallest absolute Gasteiger partial charge is 0.264 e. The lowest BCUT2D eigenvalue weighted by Gasteiger charge is -2.32. The first-order chi connectivity index (χ1) is 14.6. The van der Waals surface area contributed by atoms with Crippen molar-refractivity contribution in [2.75, 3.05) is 20.1 Å². The minimum absolute atomic E-state index is 0.0289. The number of amides is 3. The van der Waals surface area contributed by atoms with Crippen LogP contribution in [0.25, 0.3) is 0 Å². The van der Waals surface area contributed by atoms with E-state index in [1.165, 1.54) is 11.3 Å². The molecule has 158 valence electrons. The van der Waals surface area contributed by atoms with Crippen molar-refractivity contribution in [3.05, 3.63) is 58.3 Å². The summed E-state index contributed by atoms with van der Waals surface area (Å²) in [6.07, 6.45) is 2.96. The molecule has 2 aliphatic heterocycles. The van der Waals surface area contributed by atoms with Gasteiger partial charge in [-0.15, -0.1) is 11.3 Å². The normalized spacial score (nSPS) is 21.1. The second-order valence-corrected chi connectivity index (χ2v) is 8.95. The molecule has 0 N–H and O–H groups in total. The SMILES string of the molecule is CN(Cc1ccccc1)C(=O)[C@@H]1CCCN1C(=O)[C@@H]1CCCN1C(=O)c1cccs1. The van der Waals surface area contributed by atoms with Gasteiger partial charge in [0.2, 0.25) is 11.8 Å². The molecule has 30 heavy (non-hydrogen) atoms. The van der Waals surface area contributed by atoms with E-state index in [9.17, 15) is 14.4 Å². The van der Waals surface area contributed by atoms with E-state index in [1.807, 2.05) is 41.8 Å². The van der Waals surface area contributed by atoms with Gasteiger partial charge in [0.1, 0.15) is 12.1 Å². The zero-order chi connectivity index (χ0) is 21.1. The number of carbonyl (C=O) groups excluding carboxylic acids is 3. The highest BCUT2D eigenvalue weighted by Crippen LogP contribution is 2.27. The van der Waals surface area contributed by atoms with Crippen LogP contribution < -0.4 is 0 Å². The number of benzene rings is 1. The summed E-state index contributed by atoms with van der Waals surface area (Å²) in [5.74, 6) is -0.190. The van der Waals surface area contributed by atoms with Gasteiger partial charge in [-0.3, -0.25) is 14.4 Å². The van der Waals surface area contributed by atoms with Crippen LogP contribution in [0.1, 0.15) is 40.9 Å². The molecule has 0 radical (unpaired) electrons. The number of rotatable bonds is 5. The molecule has 0 bridgehead atoms. The first-order valence-corrected chi connectivity index (χ1v) is 11.4. The molecule has 4 rings (SSSR count). The summed E-state index contributed by atoms with van der Waals surface area (Å²) in [6, 6.07) is 12.6. The fourth-order valence-electron chi connectivity index (χ4n) is 4.48. The van der Waals surface area contributed by atoms with Crippen molar-refractivity contribution in [3.63, 3.8) is 0 Å². The second kappa shape index (κ2) is 9.00. The molecule has 0 spiro atoms. The van der Waals surface area contributed by atoms with E-state index < -0.39 is 12.1 Å². The van der Waals surface area contributed by atoms with Crippen molar-refractivity contribution in [3.8, 4) is 0 Å². The Bertz CT molecular complexity index is 900. The Hall–Kier alpha value is -2.67. The third-order valence-corrected chi connectivity index (χ3v) is 6.85. The molecule has 0 aliphatic carbocycles. The number of nitrogens with zero attached hydrogens (tertiary/aromatic N) is 3. The third kappa shape index (κ3) is 4.12. The summed E-state index contributed by atoms with van der Waals surface area (Å²) in [6.45, 7) is 1.68. The molecule has 3 amide bonds. The number of carbonyl (C=O) groups is 3. The van der Waals surface area contributed by atoms with E-state index in [4.69, 9.17) is 0 Å². The van der Waals surface area contributed by atoms with Gasteiger partial charge in [-0.1, -0.05) is 36.4 Å². The Balaban J connectivity index is 1.45. The molecule has 2 aromatic rings. The maximum Gasteiger partial charge on any atom is 0.264 e. The third-order valence-electron chi connectivity index (χ3n) is 5.99. The average molecular weight is 426 g/mol. The lowest BCUT2D eigenvalue weighted by molar-refractivity contribution is -0.145. The second-order valence-electron chi connectivity index (χ2n) is 8.00. The monoisotopic (exact) mass is 425 g/mol. The van der Waals surface area contributed by atoms with Gasteiger partial charge in [0, 0.05) is 26.7 Å². The number of likely N-dealkylation sites (tertiary alicyclic amines) is 2. The lowest BCUT2D eigenvalue weighted by Crippen LogP contribution is -2.53. The van der Waals surface area contributed by atoms with Crippen molar-refractivity contribution in [2.24, 2.45) is 0 Å². The van der Waals surface area contributed by atoms with Crippen molar-refractivity contribution in [1.82, 2.24) is 14.7 Å². The molecular weight excluding hydrogens is 398 g/mol. The maximum atomic E-state index is 13.4. The van der Waals surface area contributed by atoms with Crippen molar-refractivity contribution < 1.29 is 14.4 Å². The molecule has 3 heterocycles. The summed E-state index contributed by atoms with van der Waals surface area (Å²) in [7, 11) is 1.79. The van der Waals surface area contributed by atoms with Gasteiger partial charge in [-0.05, 0) is 42.7 Å². The Morgan fingerprint density at radius 3 is 2.37 bits per heavy atom. The highest BCUT2D eigenvalue weighted by Gasteiger charge is 2.42. The standard InChI is InChI=1S/C23H27N3O3S/c1-24(16-17-8-3-2-4-9-17)21(27)18-10-5-13-25(18)22(28)19-11-6-14-26(19)23(29)20-12-7-15-30-20/h2-4,7-9,12,15,18-19H,5-6,10-11,13-14,16H2,1H3/t18-,19-/m0/s1. The highest BCUT2D eigenvalue weighted by molar-refractivity contribution is 7.12. The van der Waals surface area contributed by atoms with E-state index in [1.54, 1.807) is 27.8 Å². The van der Waals surface area contributed by atoms with Crippen LogP contribution >= 0.6 is 11.3 Å². The zero-order valence-electron chi connectivity index (χ0n) is 17.2. The van der Waals surface area contributed by atoms with Crippen LogP contribution in [0.5, 0.6) is 0 Å². The van der Waals surface area contributed by atoms with Crippen molar-refractivity contribution >= 4 is 29.1 Å². The molecule has 2 saturated heterocycles. The van der Waals surface area contributed by atoms with Gasteiger partial charge >= 0.3 is 0 Å². The molecule has 1 aromatic heterocycles. The van der Waals surface area contributed by atoms with E-state index >= 15 is 0 Å². The van der Waals surface area contributed by atoms with E-state index in [2.05, 4.69) is 0 Å². The number of thiophene rings is 1. The summed E-state index contributed by atoms with van der Waals surface area (Å²) >= 11 is 1.40. The molecule has 7 heteroatoms. The Morgan fingerprint density at radius 1 is 0.967 bits per heavy atom. The molecule has 0 unspecified atom stereocenters. The van der Waals surface area contributed by atoms with Crippen LogP contribution in [-0.2, 0) is 16.1 Å². The number of hydrogen-bond donors (Lipinski definition) is 0. The fraction of sp³-hybridized carbons (Fsp3) is 0.435. The Labute approximate surface area is 181 Å². The number of hydrogen-bond acceptors (Lipinski definition) is 4. The molecule has 2 atom stereocenters. The predicted molar refractivity (Wildman–Crippen MR) is 116 cm³/mol. The predicted octanol–water partition coefficient (Wildman–Crippen LogP) is 3.00. The van der Waals surface area contributed by atoms with Gasteiger partial charge in [0.25, 0.3) is 5.91 Å². The van der Waals surface area contributed by atoms with Crippen LogP contribution in [0.2, 0.25) is 0 Å². The van der Waals surface area contributed by atoms with Crippen LogP contribution in [0, 0.1) is 0 Å². The van der Waals surface area contributed by atoms with Crippen LogP contribution in [-0.4, -0.2) is 64.6 Å². The maximum absolute atomic E-state index is 13.4. The van der Waals surface area contributed by atoms with Gasteiger partial charge in [0.15, 0.2) is 0 Å². The van der Waals surface area contributed by atoms with Crippen molar-refractivity contribution in [2.45, 2.75) is 44.3 Å². The summed E-state index contributed by atoms with van der Waals surface area (Å²) in [4.78, 5) is 45.2. The lowest BCUT2D eigenvalue weighted by atomic mass is 10.1. The summed E-state index contributed by atoms with van der Waals surface area (Å²) in [5, 5.41) is 1.87. The molecule has 0 saturated carbocycles. The molecule has 1 aromatic carbocycles. The quantitative estimate of drug-likeness (QED) is 0.740. The zero-order valence-corrected chi connectivity index (χ0v) is 18.0. The highest BCUT2D eigenvalue weighted by atomic mass is 32.1. The average Bonchev–Trinajstić information content (AvgIpc) is 3.54. The van der Waals surface area contributed by atoms with Crippen molar-refractivity contribution in [1.29, 1.82) is 0 Å². The Morgan fingerprint density at radius 2 is 1.67 bits per heavy atom.